The number of hydrogen-bond acceptors (Lipinski definition) is 4. The van der Waals surface area contributed by atoms with Crippen LogP contribution in [0.2, 0.25) is 0 Å². The quantitative estimate of drug-likeness (QED) is 0.393. The number of nitrogens with one attached hydrogen (secondary N) is 3. The molecule has 0 aliphatic rings. The van der Waals surface area contributed by atoms with Crippen LogP contribution in [0.1, 0.15) is 10.4 Å². The van der Waals surface area contributed by atoms with Crippen LogP contribution in [0.4, 0.5) is 10.1 Å². The van der Waals surface area contributed by atoms with Crippen LogP contribution in [0.25, 0.3) is 0 Å². The summed E-state index contributed by atoms with van der Waals surface area (Å²) in [7, 11) is 4.77. The van der Waals surface area contributed by atoms with E-state index in [9.17, 15) is 9.18 Å². The molecule has 0 heterocycles. The van der Waals surface area contributed by atoms with Crippen LogP contribution < -0.4 is 25.4 Å². The molecule has 0 aliphatic carbocycles. The Morgan fingerprint density at radius 1 is 1.04 bits per heavy atom. The fourth-order valence-corrected chi connectivity index (χ4v) is 2.33. The molecule has 0 saturated carbocycles. The number of amides is 1. The third-order valence-corrected chi connectivity index (χ3v) is 3.69. The van der Waals surface area contributed by atoms with Crippen molar-refractivity contribution in [3.05, 3.63) is 53.8 Å². The van der Waals surface area contributed by atoms with E-state index in [1.54, 1.807) is 39.5 Å². The van der Waals surface area contributed by atoms with Crippen LogP contribution >= 0.6 is 0 Å². The Morgan fingerprint density at radius 3 is 2.41 bits per heavy atom. The molecule has 0 aromatic heterocycles. The molecular weight excluding hydrogens is 351 g/mol. The highest BCUT2D eigenvalue weighted by atomic mass is 19.1. The summed E-state index contributed by atoms with van der Waals surface area (Å²) in [5.74, 6) is 0.728. The first-order valence-electron chi connectivity index (χ1n) is 8.31. The molecule has 144 valence electrons. The fraction of sp³-hybridized carbons (Fsp3) is 0.263. The topological polar surface area (TPSA) is 84.0 Å². The smallest absolute Gasteiger partial charge is 0.254 e. The Hall–Kier alpha value is -3.29. The lowest BCUT2D eigenvalue weighted by Gasteiger charge is -2.14. The van der Waals surface area contributed by atoms with Gasteiger partial charge in [0.25, 0.3) is 5.91 Å². The summed E-state index contributed by atoms with van der Waals surface area (Å²) >= 11 is 0. The fourth-order valence-electron chi connectivity index (χ4n) is 2.33. The molecule has 1 amide bonds. The maximum Gasteiger partial charge on any atom is 0.254 e. The lowest BCUT2D eigenvalue weighted by Crippen LogP contribution is -2.38. The minimum Gasteiger partial charge on any atom is -0.493 e. The molecule has 27 heavy (non-hydrogen) atoms. The van der Waals surface area contributed by atoms with Gasteiger partial charge < -0.3 is 25.4 Å². The molecule has 2 rings (SSSR count). The van der Waals surface area contributed by atoms with E-state index in [0.29, 0.717) is 30.5 Å². The van der Waals surface area contributed by atoms with E-state index >= 15 is 0 Å². The van der Waals surface area contributed by atoms with E-state index in [0.717, 1.165) is 5.69 Å². The standard InChI is InChI=1S/C19H23FN4O3/c1-21-19(24-13-8-9-16(26-2)17(12-13)27-3)23-11-10-22-18(25)14-6-4-5-7-15(14)20/h4-9,12H,10-11H2,1-3H3,(H,22,25)(H2,21,23,24). The van der Waals surface area contributed by atoms with Crippen LogP contribution in [0.3, 0.4) is 0 Å². The lowest BCUT2D eigenvalue weighted by molar-refractivity contribution is 0.0950. The molecule has 0 atom stereocenters. The number of carbonyl (C=O) groups is 1. The number of aliphatic imine (C=N–C) groups is 1. The van der Waals surface area contributed by atoms with E-state index in [-0.39, 0.29) is 5.56 Å². The monoisotopic (exact) mass is 374 g/mol. The summed E-state index contributed by atoms with van der Waals surface area (Å²) in [6, 6.07) is 11.2. The second-order valence-electron chi connectivity index (χ2n) is 5.43. The average Bonchev–Trinajstić information content (AvgIpc) is 2.70. The van der Waals surface area contributed by atoms with E-state index in [1.807, 2.05) is 6.07 Å². The van der Waals surface area contributed by atoms with Crippen LogP contribution in [-0.2, 0) is 0 Å². The van der Waals surface area contributed by atoms with Crippen molar-refractivity contribution in [3.8, 4) is 11.5 Å². The zero-order valence-electron chi connectivity index (χ0n) is 15.5. The van der Waals surface area contributed by atoms with Gasteiger partial charge >= 0.3 is 0 Å². The van der Waals surface area contributed by atoms with E-state index in [4.69, 9.17) is 9.47 Å². The Bertz CT molecular complexity index is 811. The molecule has 0 aliphatic heterocycles. The van der Waals surface area contributed by atoms with E-state index in [2.05, 4.69) is 20.9 Å². The number of hydrogen-bond donors (Lipinski definition) is 3. The molecule has 0 saturated heterocycles. The van der Waals surface area contributed by atoms with Gasteiger partial charge in [-0.25, -0.2) is 4.39 Å². The van der Waals surface area contributed by atoms with Crippen LogP contribution in [0, 0.1) is 5.82 Å². The highest BCUT2D eigenvalue weighted by Gasteiger charge is 2.10. The predicted molar refractivity (Wildman–Crippen MR) is 103 cm³/mol. The molecule has 7 nitrogen and oxygen atoms in total. The second kappa shape index (κ2) is 10.0. The average molecular weight is 374 g/mol. The molecule has 0 spiro atoms. The summed E-state index contributed by atoms with van der Waals surface area (Å²) in [4.78, 5) is 16.1. The number of guanidine groups is 1. The van der Waals surface area contributed by atoms with Crippen molar-refractivity contribution in [2.45, 2.75) is 0 Å². The summed E-state index contributed by atoms with van der Waals surface area (Å²) in [5, 5.41) is 8.83. The van der Waals surface area contributed by atoms with Gasteiger partial charge in [0.05, 0.1) is 19.8 Å². The zero-order valence-corrected chi connectivity index (χ0v) is 15.5. The maximum atomic E-state index is 13.6. The first-order valence-corrected chi connectivity index (χ1v) is 8.31. The molecule has 0 bridgehead atoms. The highest BCUT2D eigenvalue weighted by Crippen LogP contribution is 2.29. The third-order valence-electron chi connectivity index (χ3n) is 3.69. The minimum absolute atomic E-state index is 0.0188. The van der Waals surface area contributed by atoms with Gasteiger partial charge in [0, 0.05) is 31.9 Å². The Balaban J connectivity index is 1.84. The van der Waals surface area contributed by atoms with Gasteiger partial charge in [-0.3, -0.25) is 9.79 Å². The number of methoxy groups -OCH3 is 2. The molecule has 0 radical (unpaired) electrons. The highest BCUT2D eigenvalue weighted by molar-refractivity contribution is 5.95. The Labute approximate surface area is 157 Å². The number of nitrogens with zero attached hydrogens (tertiary/aromatic N) is 1. The number of benzene rings is 2. The number of halogens is 1. The zero-order chi connectivity index (χ0) is 19.6. The lowest BCUT2D eigenvalue weighted by atomic mass is 10.2. The summed E-state index contributed by atoms with van der Waals surface area (Å²) in [5.41, 5.74) is 0.779. The Kier molecular flexibility index (Phi) is 7.42. The first kappa shape index (κ1) is 20.0. The molecule has 8 heteroatoms. The number of anilines is 1. The van der Waals surface area contributed by atoms with Crippen molar-refractivity contribution < 1.29 is 18.7 Å². The van der Waals surface area contributed by atoms with Crippen molar-refractivity contribution in [2.75, 3.05) is 39.7 Å². The van der Waals surface area contributed by atoms with Gasteiger partial charge in [-0.15, -0.1) is 0 Å². The van der Waals surface area contributed by atoms with Crippen molar-refractivity contribution in [1.29, 1.82) is 0 Å². The summed E-state index contributed by atoms with van der Waals surface area (Å²) in [6.45, 7) is 0.715. The van der Waals surface area contributed by atoms with Gasteiger partial charge in [0.1, 0.15) is 5.82 Å². The number of rotatable bonds is 7. The number of ether oxygens (including phenoxy) is 2. The molecule has 2 aromatic rings. The van der Waals surface area contributed by atoms with Crippen molar-refractivity contribution in [1.82, 2.24) is 10.6 Å². The van der Waals surface area contributed by atoms with Crippen LogP contribution in [-0.4, -0.2) is 46.2 Å². The largest absolute Gasteiger partial charge is 0.493 e. The predicted octanol–water partition coefficient (Wildman–Crippen LogP) is 2.26. The van der Waals surface area contributed by atoms with E-state index < -0.39 is 11.7 Å². The van der Waals surface area contributed by atoms with Crippen molar-refractivity contribution >= 4 is 17.6 Å². The minimum atomic E-state index is -0.547. The van der Waals surface area contributed by atoms with E-state index in [1.165, 1.54) is 18.2 Å². The van der Waals surface area contributed by atoms with Gasteiger partial charge in [-0.2, -0.15) is 0 Å². The van der Waals surface area contributed by atoms with Crippen molar-refractivity contribution in [3.63, 3.8) is 0 Å². The molecule has 2 aromatic carbocycles. The summed E-state index contributed by atoms with van der Waals surface area (Å²) < 4.78 is 24.0. The normalized spacial score (nSPS) is 10.9. The van der Waals surface area contributed by atoms with Crippen LogP contribution in [0.15, 0.2) is 47.5 Å². The van der Waals surface area contributed by atoms with Gasteiger partial charge in [0.15, 0.2) is 17.5 Å². The second-order valence-corrected chi connectivity index (χ2v) is 5.43. The first-order chi connectivity index (χ1) is 13.1. The molecule has 0 unspecified atom stereocenters. The van der Waals surface area contributed by atoms with Gasteiger partial charge in [-0.1, -0.05) is 12.1 Å². The van der Waals surface area contributed by atoms with Crippen molar-refractivity contribution in [2.24, 2.45) is 4.99 Å². The summed E-state index contributed by atoms with van der Waals surface area (Å²) in [6.07, 6.45) is 0. The van der Waals surface area contributed by atoms with Gasteiger partial charge in [-0.05, 0) is 24.3 Å². The van der Waals surface area contributed by atoms with Gasteiger partial charge in [0.2, 0.25) is 0 Å². The third kappa shape index (κ3) is 5.60. The molecule has 3 N–H and O–H groups in total. The molecular formula is C19H23FN4O3. The van der Waals surface area contributed by atoms with Crippen LogP contribution in [0.5, 0.6) is 11.5 Å². The Morgan fingerprint density at radius 2 is 1.74 bits per heavy atom. The molecule has 0 fully saturated rings. The maximum absolute atomic E-state index is 13.6. The number of carbonyl (C=O) groups excluding carboxylic acids is 1. The SMILES string of the molecule is CN=C(NCCNC(=O)c1ccccc1F)Nc1ccc(OC)c(OC)c1.